The van der Waals surface area contributed by atoms with Gasteiger partial charge in [0.05, 0.1) is 25.8 Å². The third-order valence-electron chi connectivity index (χ3n) is 5.25. The van der Waals surface area contributed by atoms with Crippen LogP contribution in [0, 0.1) is 11.8 Å². The van der Waals surface area contributed by atoms with Crippen molar-refractivity contribution < 1.29 is 9.53 Å². The maximum absolute atomic E-state index is 12.5. The van der Waals surface area contributed by atoms with Crippen molar-refractivity contribution in [2.24, 2.45) is 11.8 Å². The SMILES string of the molecule is O=C(NCc1nnnn1C1CC1)N1CCOCC(C2CCC2)C1. The summed E-state index contributed by atoms with van der Waals surface area (Å²) in [7, 11) is 0. The first-order chi connectivity index (χ1) is 11.3. The summed E-state index contributed by atoms with van der Waals surface area (Å²) in [5.41, 5.74) is 0. The Balaban J connectivity index is 1.32. The number of rotatable bonds is 4. The fraction of sp³-hybridized carbons (Fsp3) is 0.867. The first kappa shape index (κ1) is 14.9. The molecule has 1 N–H and O–H groups in total. The van der Waals surface area contributed by atoms with Crippen LogP contribution < -0.4 is 5.32 Å². The Bertz CT molecular complexity index is 554. The van der Waals surface area contributed by atoms with E-state index in [0.717, 1.165) is 37.7 Å². The number of aromatic nitrogens is 4. The number of urea groups is 1. The van der Waals surface area contributed by atoms with Gasteiger partial charge in [-0.3, -0.25) is 0 Å². The summed E-state index contributed by atoms with van der Waals surface area (Å²) in [5.74, 6) is 1.95. The maximum atomic E-state index is 12.5. The van der Waals surface area contributed by atoms with Crippen LogP contribution >= 0.6 is 0 Å². The molecule has 2 heterocycles. The Kier molecular flexibility index (Phi) is 4.15. The van der Waals surface area contributed by atoms with E-state index >= 15 is 0 Å². The van der Waals surface area contributed by atoms with Crippen molar-refractivity contribution in [3.63, 3.8) is 0 Å². The Morgan fingerprint density at radius 3 is 2.87 bits per heavy atom. The molecular formula is C15H24N6O2. The number of hydrogen-bond acceptors (Lipinski definition) is 5. The Morgan fingerprint density at radius 1 is 1.26 bits per heavy atom. The van der Waals surface area contributed by atoms with Gasteiger partial charge in [-0.1, -0.05) is 19.3 Å². The van der Waals surface area contributed by atoms with Gasteiger partial charge in [-0.2, -0.15) is 0 Å². The molecule has 2 aliphatic carbocycles. The van der Waals surface area contributed by atoms with Gasteiger partial charge in [0.1, 0.15) is 0 Å². The van der Waals surface area contributed by atoms with E-state index in [1.54, 1.807) is 0 Å². The highest BCUT2D eigenvalue weighted by Gasteiger charge is 2.32. The lowest BCUT2D eigenvalue weighted by Gasteiger charge is -2.34. The highest BCUT2D eigenvalue weighted by Crippen LogP contribution is 2.35. The summed E-state index contributed by atoms with van der Waals surface area (Å²) in [6.07, 6.45) is 6.12. The highest BCUT2D eigenvalue weighted by atomic mass is 16.5. The molecule has 1 aromatic heterocycles. The molecule has 1 saturated heterocycles. The molecule has 2 saturated carbocycles. The Morgan fingerprint density at radius 2 is 2.13 bits per heavy atom. The van der Waals surface area contributed by atoms with Gasteiger partial charge >= 0.3 is 6.03 Å². The van der Waals surface area contributed by atoms with E-state index in [2.05, 4.69) is 20.8 Å². The zero-order valence-corrected chi connectivity index (χ0v) is 13.4. The molecular weight excluding hydrogens is 296 g/mol. The second-order valence-corrected chi connectivity index (χ2v) is 6.90. The average Bonchev–Trinajstić information content (AvgIpc) is 3.28. The summed E-state index contributed by atoms with van der Waals surface area (Å²) in [6, 6.07) is 0.386. The van der Waals surface area contributed by atoms with Gasteiger partial charge in [0, 0.05) is 19.0 Å². The minimum Gasteiger partial charge on any atom is -0.379 e. The van der Waals surface area contributed by atoms with Gasteiger partial charge in [-0.05, 0) is 29.2 Å². The van der Waals surface area contributed by atoms with E-state index in [1.165, 1.54) is 19.3 Å². The number of nitrogens with one attached hydrogen (secondary N) is 1. The van der Waals surface area contributed by atoms with Crippen molar-refractivity contribution in [3.05, 3.63) is 5.82 Å². The second-order valence-electron chi connectivity index (χ2n) is 6.90. The minimum atomic E-state index is -0.0369. The van der Waals surface area contributed by atoms with Crippen molar-refractivity contribution in [3.8, 4) is 0 Å². The van der Waals surface area contributed by atoms with Crippen LogP contribution in [-0.2, 0) is 11.3 Å². The number of carbonyl (C=O) groups excluding carboxylic acids is 1. The average molecular weight is 320 g/mol. The maximum Gasteiger partial charge on any atom is 0.317 e. The molecule has 2 amide bonds. The topological polar surface area (TPSA) is 85.2 Å². The molecule has 1 unspecified atom stereocenters. The first-order valence-electron chi connectivity index (χ1n) is 8.68. The Labute approximate surface area is 135 Å². The van der Waals surface area contributed by atoms with Crippen LogP contribution in [0.4, 0.5) is 4.79 Å². The minimum absolute atomic E-state index is 0.0369. The molecule has 8 heteroatoms. The standard InChI is InChI=1S/C15H24N6O2/c22-15(16-8-14-17-18-19-21(14)13-4-5-13)20-6-7-23-10-12(9-20)11-2-1-3-11/h11-13H,1-10H2,(H,16,22). The molecule has 1 atom stereocenters. The van der Waals surface area contributed by atoms with Gasteiger partial charge < -0.3 is 15.0 Å². The van der Waals surface area contributed by atoms with Crippen molar-refractivity contribution >= 4 is 6.03 Å². The number of tetrazole rings is 1. The molecule has 3 aliphatic rings. The smallest absolute Gasteiger partial charge is 0.317 e. The van der Waals surface area contributed by atoms with Crippen molar-refractivity contribution in [1.29, 1.82) is 0 Å². The molecule has 4 rings (SSSR count). The van der Waals surface area contributed by atoms with Crippen LogP contribution in [0.25, 0.3) is 0 Å². The lowest BCUT2D eigenvalue weighted by Crippen LogP contribution is -2.44. The van der Waals surface area contributed by atoms with Crippen LogP contribution in [-0.4, -0.2) is 57.4 Å². The van der Waals surface area contributed by atoms with Crippen LogP contribution in [0.15, 0.2) is 0 Å². The first-order valence-corrected chi connectivity index (χ1v) is 8.68. The molecule has 1 aliphatic heterocycles. The molecule has 23 heavy (non-hydrogen) atoms. The third-order valence-corrected chi connectivity index (χ3v) is 5.25. The molecule has 126 valence electrons. The summed E-state index contributed by atoms with van der Waals surface area (Å²) in [6.45, 7) is 3.24. The van der Waals surface area contributed by atoms with Crippen molar-refractivity contribution in [2.45, 2.75) is 44.7 Å². The molecule has 8 nitrogen and oxygen atoms in total. The zero-order chi connectivity index (χ0) is 15.6. The normalized spacial score (nSPS) is 25.7. The summed E-state index contributed by atoms with van der Waals surface area (Å²) < 4.78 is 7.53. The monoisotopic (exact) mass is 320 g/mol. The van der Waals surface area contributed by atoms with E-state index in [1.807, 2.05) is 9.58 Å². The molecule has 0 bridgehead atoms. The summed E-state index contributed by atoms with van der Waals surface area (Å²) in [5, 5.41) is 14.7. The van der Waals surface area contributed by atoms with Crippen LogP contribution in [0.3, 0.4) is 0 Å². The number of nitrogens with zero attached hydrogens (tertiary/aromatic N) is 5. The summed E-state index contributed by atoms with van der Waals surface area (Å²) in [4.78, 5) is 14.4. The molecule has 0 aromatic carbocycles. The van der Waals surface area contributed by atoms with Gasteiger partial charge in [-0.25, -0.2) is 9.48 Å². The highest BCUT2D eigenvalue weighted by molar-refractivity contribution is 5.74. The predicted molar refractivity (Wildman–Crippen MR) is 81.5 cm³/mol. The van der Waals surface area contributed by atoms with Crippen LogP contribution in [0.2, 0.25) is 0 Å². The van der Waals surface area contributed by atoms with Gasteiger partial charge in [0.2, 0.25) is 0 Å². The van der Waals surface area contributed by atoms with Crippen LogP contribution in [0.5, 0.6) is 0 Å². The van der Waals surface area contributed by atoms with Gasteiger partial charge in [-0.15, -0.1) is 5.10 Å². The van der Waals surface area contributed by atoms with Crippen LogP contribution in [0.1, 0.15) is 44.0 Å². The number of hydrogen-bond donors (Lipinski definition) is 1. The number of amides is 2. The largest absolute Gasteiger partial charge is 0.379 e. The molecule has 3 fully saturated rings. The van der Waals surface area contributed by atoms with E-state index in [-0.39, 0.29) is 6.03 Å². The van der Waals surface area contributed by atoms with Gasteiger partial charge in [0.25, 0.3) is 0 Å². The zero-order valence-electron chi connectivity index (χ0n) is 13.4. The van der Waals surface area contributed by atoms with Gasteiger partial charge in [0.15, 0.2) is 5.82 Å². The fourth-order valence-electron chi connectivity index (χ4n) is 3.42. The van der Waals surface area contributed by atoms with E-state index in [4.69, 9.17) is 4.74 Å². The van der Waals surface area contributed by atoms with E-state index < -0.39 is 0 Å². The Hall–Kier alpha value is -1.70. The lowest BCUT2D eigenvalue weighted by molar-refractivity contribution is 0.0775. The molecule has 0 spiro atoms. The lowest BCUT2D eigenvalue weighted by atomic mass is 9.76. The quantitative estimate of drug-likeness (QED) is 0.893. The second kappa shape index (κ2) is 6.43. The van der Waals surface area contributed by atoms with Crippen molar-refractivity contribution in [1.82, 2.24) is 30.4 Å². The number of ether oxygens (including phenoxy) is 1. The van der Waals surface area contributed by atoms with E-state index in [9.17, 15) is 4.79 Å². The molecule has 0 radical (unpaired) electrons. The number of carbonyl (C=O) groups is 1. The third kappa shape index (κ3) is 3.31. The summed E-state index contributed by atoms with van der Waals surface area (Å²) >= 11 is 0. The predicted octanol–water partition coefficient (Wildman–Crippen LogP) is 0.966. The van der Waals surface area contributed by atoms with Crippen molar-refractivity contribution in [2.75, 3.05) is 26.3 Å². The van der Waals surface area contributed by atoms with E-state index in [0.29, 0.717) is 31.7 Å². The fourth-order valence-corrected chi connectivity index (χ4v) is 3.42. The molecule has 1 aromatic rings.